The fourth-order valence-electron chi connectivity index (χ4n) is 8.71. The van der Waals surface area contributed by atoms with Gasteiger partial charge in [-0.1, -0.05) is 140 Å². The molecule has 222 valence electrons. The summed E-state index contributed by atoms with van der Waals surface area (Å²) in [5.41, 5.74) is 15.9. The van der Waals surface area contributed by atoms with Crippen molar-refractivity contribution in [3.05, 3.63) is 186 Å². The van der Waals surface area contributed by atoms with Crippen molar-refractivity contribution in [2.75, 3.05) is 0 Å². The number of hydrogen-bond donors (Lipinski definition) is 0. The first-order valence-electron chi connectivity index (χ1n) is 16.5. The van der Waals surface area contributed by atoms with Crippen molar-refractivity contribution in [1.29, 1.82) is 0 Å². The van der Waals surface area contributed by atoms with Crippen LogP contribution < -0.4 is 0 Å². The van der Waals surface area contributed by atoms with Crippen LogP contribution in [0.15, 0.2) is 164 Å². The van der Waals surface area contributed by atoms with Gasteiger partial charge in [-0.05, 0) is 68.8 Å². The molecule has 3 heteroatoms. The third-order valence-corrected chi connectivity index (χ3v) is 10.6. The molecular formula is C45H27N3. The normalized spacial score (nSPS) is 13.6. The highest BCUT2D eigenvalue weighted by atomic mass is 15.0. The maximum absolute atomic E-state index is 5.14. The quantitative estimate of drug-likeness (QED) is 0.199. The second-order valence-electron chi connectivity index (χ2n) is 12.9. The Morgan fingerprint density at radius 2 is 1.08 bits per heavy atom. The molecule has 0 saturated heterocycles. The molecule has 7 aromatic carbocycles. The lowest BCUT2D eigenvalue weighted by Crippen LogP contribution is -2.28. The van der Waals surface area contributed by atoms with Crippen molar-refractivity contribution in [3.63, 3.8) is 0 Å². The SMILES string of the molecule is c1ccc(C2(c3ccccc3)c3ccccc3-c3c(-c4ccc5c(c4)c4cccc6c7nc8ccccc8nc7n5c46)cccc32)cc1. The number of para-hydroxylation sites is 3. The van der Waals surface area contributed by atoms with Gasteiger partial charge in [-0.3, -0.25) is 4.40 Å². The van der Waals surface area contributed by atoms with Crippen LogP contribution in [0.1, 0.15) is 22.3 Å². The Hall–Kier alpha value is -6.32. The van der Waals surface area contributed by atoms with Crippen LogP contribution in [0.2, 0.25) is 0 Å². The summed E-state index contributed by atoms with van der Waals surface area (Å²) in [6.45, 7) is 0. The number of nitrogens with zero attached hydrogens (tertiary/aromatic N) is 3. The molecule has 1 aliphatic carbocycles. The zero-order chi connectivity index (χ0) is 31.4. The van der Waals surface area contributed by atoms with Crippen LogP contribution >= 0.6 is 0 Å². The molecule has 10 aromatic rings. The standard InChI is InChI=1S/C45H27N3/c1-3-13-29(14-4-1)45(30-15-5-2-6-16-30)36-21-8-7-17-33(36)41-31(18-12-22-37(41)45)28-25-26-40-35(27-28)32-19-11-20-34-42-44(48(40)43(32)34)47-39-24-10-9-23-38(39)46-42/h1-27H. The van der Waals surface area contributed by atoms with Crippen molar-refractivity contribution < 1.29 is 0 Å². The molecule has 0 bridgehead atoms. The van der Waals surface area contributed by atoms with Gasteiger partial charge in [0, 0.05) is 16.2 Å². The molecule has 3 heterocycles. The number of hydrogen-bond acceptors (Lipinski definition) is 2. The summed E-state index contributed by atoms with van der Waals surface area (Å²) in [7, 11) is 0. The third-order valence-electron chi connectivity index (χ3n) is 10.6. The Balaban J connectivity index is 1.21. The summed E-state index contributed by atoms with van der Waals surface area (Å²) >= 11 is 0. The predicted octanol–water partition coefficient (Wildman–Crippen LogP) is 10.8. The molecule has 0 atom stereocenters. The summed E-state index contributed by atoms with van der Waals surface area (Å²) in [5, 5.41) is 3.60. The van der Waals surface area contributed by atoms with E-state index in [9.17, 15) is 0 Å². The summed E-state index contributed by atoms with van der Waals surface area (Å²) < 4.78 is 2.32. The van der Waals surface area contributed by atoms with Gasteiger partial charge in [0.05, 0.1) is 27.5 Å². The van der Waals surface area contributed by atoms with Crippen molar-refractivity contribution in [3.8, 4) is 22.3 Å². The second kappa shape index (κ2) is 9.37. The van der Waals surface area contributed by atoms with E-state index in [2.05, 4.69) is 144 Å². The topological polar surface area (TPSA) is 30.2 Å². The van der Waals surface area contributed by atoms with Crippen LogP contribution in [-0.2, 0) is 5.41 Å². The van der Waals surface area contributed by atoms with Gasteiger partial charge in [-0.15, -0.1) is 0 Å². The minimum atomic E-state index is -0.425. The van der Waals surface area contributed by atoms with E-state index in [1.807, 2.05) is 24.3 Å². The van der Waals surface area contributed by atoms with Gasteiger partial charge in [-0.25, -0.2) is 9.97 Å². The third kappa shape index (κ3) is 3.18. The molecule has 0 unspecified atom stereocenters. The van der Waals surface area contributed by atoms with Crippen LogP contribution in [0.3, 0.4) is 0 Å². The van der Waals surface area contributed by atoms with E-state index in [0.717, 1.165) is 33.1 Å². The van der Waals surface area contributed by atoms with Crippen LogP contribution in [0.25, 0.3) is 71.6 Å². The minimum absolute atomic E-state index is 0.425. The van der Waals surface area contributed by atoms with Gasteiger partial charge in [0.15, 0.2) is 5.65 Å². The first-order valence-corrected chi connectivity index (χ1v) is 16.5. The number of aromatic nitrogens is 3. The molecule has 48 heavy (non-hydrogen) atoms. The lowest BCUT2D eigenvalue weighted by molar-refractivity contribution is 0.768. The first-order chi connectivity index (χ1) is 23.8. The molecule has 0 saturated carbocycles. The van der Waals surface area contributed by atoms with E-state index < -0.39 is 5.41 Å². The maximum atomic E-state index is 5.14. The molecular weight excluding hydrogens is 583 g/mol. The van der Waals surface area contributed by atoms with Crippen LogP contribution in [-0.4, -0.2) is 14.4 Å². The van der Waals surface area contributed by atoms with Gasteiger partial charge in [-0.2, -0.15) is 0 Å². The average molecular weight is 610 g/mol. The second-order valence-corrected chi connectivity index (χ2v) is 12.9. The highest BCUT2D eigenvalue weighted by Crippen LogP contribution is 2.58. The van der Waals surface area contributed by atoms with Crippen molar-refractivity contribution in [1.82, 2.24) is 14.4 Å². The molecule has 3 nitrogen and oxygen atoms in total. The molecule has 0 N–H and O–H groups in total. The maximum Gasteiger partial charge on any atom is 0.165 e. The molecule has 3 aromatic heterocycles. The van der Waals surface area contributed by atoms with Gasteiger partial charge >= 0.3 is 0 Å². The van der Waals surface area contributed by atoms with Gasteiger partial charge in [0.1, 0.15) is 5.52 Å². The molecule has 0 fully saturated rings. The van der Waals surface area contributed by atoms with E-state index in [1.54, 1.807) is 0 Å². The molecule has 1 aliphatic rings. The number of benzene rings is 7. The van der Waals surface area contributed by atoms with Crippen LogP contribution in [0, 0.1) is 0 Å². The minimum Gasteiger partial charge on any atom is -0.291 e. The van der Waals surface area contributed by atoms with E-state index in [4.69, 9.17) is 9.97 Å². The predicted molar refractivity (Wildman–Crippen MR) is 197 cm³/mol. The van der Waals surface area contributed by atoms with Crippen LogP contribution in [0.4, 0.5) is 0 Å². The van der Waals surface area contributed by atoms with Gasteiger partial charge < -0.3 is 0 Å². The Kier molecular flexibility index (Phi) is 5.04. The fourth-order valence-corrected chi connectivity index (χ4v) is 8.71. The summed E-state index contributed by atoms with van der Waals surface area (Å²) in [6.07, 6.45) is 0. The average Bonchev–Trinajstić information content (AvgIpc) is 3.78. The van der Waals surface area contributed by atoms with Gasteiger partial charge in [0.2, 0.25) is 0 Å². The largest absolute Gasteiger partial charge is 0.291 e. The lowest BCUT2D eigenvalue weighted by atomic mass is 9.67. The zero-order valence-electron chi connectivity index (χ0n) is 25.9. The molecule has 11 rings (SSSR count). The van der Waals surface area contributed by atoms with Crippen LogP contribution in [0.5, 0.6) is 0 Å². The number of rotatable bonds is 3. The van der Waals surface area contributed by atoms with E-state index in [1.165, 1.54) is 60.8 Å². The Morgan fingerprint density at radius 1 is 0.458 bits per heavy atom. The van der Waals surface area contributed by atoms with Crippen molar-refractivity contribution in [2.24, 2.45) is 0 Å². The van der Waals surface area contributed by atoms with Crippen molar-refractivity contribution >= 4 is 49.4 Å². The van der Waals surface area contributed by atoms with E-state index in [-0.39, 0.29) is 0 Å². The van der Waals surface area contributed by atoms with E-state index >= 15 is 0 Å². The highest BCUT2D eigenvalue weighted by molar-refractivity contribution is 6.22. The molecule has 0 aliphatic heterocycles. The Labute approximate surface area is 276 Å². The summed E-state index contributed by atoms with van der Waals surface area (Å²) in [5.74, 6) is 0. The van der Waals surface area contributed by atoms with Gasteiger partial charge in [0.25, 0.3) is 0 Å². The Morgan fingerprint density at radius 3 is 1.88 bits per heavy atom. The smallest absolute Gasteiger partial charge is 0.165 e. The highest BCUT2D eigenvalue weighted by Gasteiger charge is 2.46. The lowest BCUT2D eigenvalue weighted by Gasteiger charge is -2.34. The molecule has 0 radical (unpaired) electrons. The molecule has 0 amide bonds. The summed E-state index contributed by atoms with van der Waals surface area (Å²) in [4.78, 5) is 10.2. The van der Waals surface area contributed by atoms with E-state index in [0.29, 0.717) is 0 Å². The first kappa shape index (κ1) is 25.8. The molecule has 0 spiro atoms. The fraction of sp³-hybridized carbons (Fsp3) is 0.0222. The van der Waals surface area contributed by atoms with Crippen molar-refractivity contribution in [2.45, 2.75) is 5.41 Å². The zero-order valence-corrected chi connectivity index (χ0v) is 25.9. The number of fused-ring (bicyclic) bond motifs is 10. The Bertz CT molecular complexity index is 2850. The summed E-state index contributed by atoms with van der Waals surface area (Å²) in [6, 6.07) is 59.6. The monoisotopic (exact) mass is 609 g/mol.